The highest BCUT2D eigenvalue weighted by Gasteiger charge is 2.29. The second-order valence-corrected chi connectivity index (χ2v) is 6.53. The molecule has 23 heavy (non-hydrogen) atoms. The van der Waals surface area contributed by atoms with Crippen LogP contribution < -0.4 is 5.32 Å². The lowest BCUT2D eigenvalue weighted by Gasteiger charge is -2.25. The molecule has 1 fully saturated rings. The predicted molar refractivity (Wildman–Crippen MR) is 83.0 cm³/mol. The number of nitrogens with zero attached hydrogens (tertiary/aromatic N) is 2. The molecule has 2 aliphatic rings. The number of hydrogen-bond acceptors (Lipinski definition) is 4. The fourth-order valence-corrected chi connectivity index (χ4v) is 3.18. The maximum Gasteiger partial charge on any atom is 0.272 e. The third-order valence-electron chi connectivity index (χ3n) is 4.53. The van der Waals surface area contributed by atoms with Gasteiger partial charge in [0.15, 0.2) is 5.69 Å². The first-order chi connectivity index (χ1) is 11.1. The molecule has 0 aromatic carbocycles. The number of aromatic amines is 2. The quantitative estimate of drug-likeness (QED) is 0.803. The van der Waals surface area contributed by atoms with Crippen LogP contribution in [0.1, 0.15) is 71.8 Å². The number of H-pyrrole nitrogens is 2. The minimum atomic E-state index is -0.161. The smallest absolute Gasteiger partial charge is 0.272 e. The molecule has 0 unspecified atom stereocenters. The number of aromatic nitrogens is 4. The van der Waals surface area contributed by atoms with E-state index in [0.717, 1.165) is 22.6 Å². The summed E-state index contributed by atoms with van der Waals surface area (Å²) in [5.41, 5.74) is 4.38. The van der Waals surface area contributed by atoms with E-state index in [1.807, 2.05) is 19.9 Å². The van der Waals surface area contributed by atoms with Crippen LogP contribution in [0.5, 0.6) is 0 Å². The first-order valence-electron chi connectivity index (χ1n) is 8.16. The summed E-state index contributed by atoms with van der Waals surface area (Å²) in [6.07, 6.45) is 3.17. The Labute approximate surface area is 134 Å². The molecule has 122 valence electrons. The molecule has 4 rings (SSSR count). The van der Waals surface area contributed by atoms with E-state index in [2.05, 4.69) is 25.7 Å². The standard InChI is InChI=1S/C16H21N5O2/c1-8-5-12-14(9(2)23-8)20-21-15(12)16(22)17-7-11-6-13(19-18-11)10-3-4-10/h6,8-10H,3-5,7H2,1-2H3,(H,17,22)(H,18,19)(H,20,21)/t8-,9+/m1/s1. The second-order valence-electron chi connectivity index (χ2n) is 6.53. The van der Waals surface area contributed by atoms with Gasteiger partial charge in [0, 0.05) is 17.9 Å². The van der Waals surface area contributed by atoms with Crippen LogP contribution >= 0.6 is 0 Å². The summed E-state index contributed by atoms with van der Waals surface area (Å²) in [5.74, 6) is 0.448. The first-order valence-corrected chi connectivity index (χ1v) is 8.16. The highest BCUT2D eigenvalue weighted by Crippen LogP contribution is 2.39. The Balaban J connectivity index is 1.44. The minimum Gasteiger partial charge on any atom is -0.369 e. The lowest BCUT2D eigenvalue weighted by Crippen LogP contribution is -2.27. The SMILES string of the molecule is C[C@@H]1Cc2c(C(=O)NCc3cc(C4CC4)n[nH]3)n[nH]c2[C@H](C)O1. The van der Waals surface area contributed by atoms with Gasteiger partial charge in [-0.2, -0.15) is 10.2 Å². The van der Waals surface area contributed by atoms with Gasteiger partial charge in [-0.1, -0.05) is 0 Å². The molecule has 2 aromatic heterocycles. The van der Waals surface area contributed by atoms with Crippen LogP contribution in [-0.2, 0) is 17.7 Å². The van der Waals surface area contributed by atoms with Crippen molar-refractivity contribution in [3.8, 4) is 0 Å². The second kappa shape index (κ2) is 5.49. The van der Waals surface area contributed by atoms with Gasteiger partial charge in [-0.15, -0.1) is 0 Å². The number of hydrogen-bond donors (Lipinski definition) is 3. The summed E-state index contributed by atoms with van der Waals surface area (Å²) in [7, 11) is 0. The maximum absolute atomic E-state index is 12.4. The van der Waals surface area contributed by atoms with Crippen LogP contribution in [-0.4, -0.2) is 32.4 Å². The number of nitrogens with one attached hydrogen (secondary N) is 3. The van der Waals surface area contributed by atoms with Gasteiger partial charge in [0.1, 0.15) is 0 Å². The molecule has 2 atom stereocenters. The summed E-state index contributed by atoms with van der Waals surface area (Å²) in [6, 6.07) is 2.04. The average Bonchev–Trinajstić information content (AvgIpc) is 3.10. The maximum atomic E-state index is 12.4. The lowest BCUT2D eigenvalue weighted by molar-refractivity contribution is -0.00697. The normalized spacial score (nSPS) is 23.6. The Hall–Kier alpha value is -2.15. The zero-order valence-corrected chi connectivity index (χ0v) is 13.3. The number of rotatable bonds is 4. The average molecular weight is 315 g/mol. The van der Waals surface area contributed by atoms with Crippen molar-refractivity contribution >= 4 is 5.91 Å². The Morgan fingerprint density at radius 2 is 2.17 bits per heavy atom. The molecule has 0 spiro atoms. The van der Waals surface area contributed by atoms with E-state index in [0.29, 0.717) is 24.6 Å². The van der Waals surface area contributed by atoms with Crippen LogP contribution in [0, 0.1) is 0 Å². The summed E-state index contributed by atoms with van der Waals surface area (Å²) in [5, 5.41) is 17.3. The summed E-state index contributed by atoms with van der Waals surface area (Å²) >= 11 is 0. The Morgan fingerprint density at radius 1 is 1.35 bits per heavy atom. The molecule has 0 bridgehead atoms. The van der Waals surface area contributed by atoms with Gasteiger partial charge in [-0.05, 0) is 32.8 Å². The van der Waals surface area contributed by atoms with Gasteiger partial charge in [0.2, 0.25) is 0 Å². The fraction of sp³-hybridized carbons (Fsp3) is 0.562. The van der Waals surface area contributed by atoms with E-state index in [-0.39, 0.29) is 18.1 Å². The van der Waals surface area contributed by atoms with Gasteiger partial charge in [0.25, 0.3) is 5.91 Å². The highest BCUT2D eigenvalue weighted by atomic mass is 16.5. The molecule has 0 saturated heterocycles. The third kappa shape index (κ3) is 2.76. The molecule has 1 aliphatic heterocycles. The third-order valence-corrected chi connectivity index (χ3v) is 4.53. The van der Waals surface area contributed by atoms with Crippen molar-refractivity contribution in [2.24, 2.45) is 0 Å². The van der Waals surface area contributed by atoms with E-state index >= 15 is 0 Å². The predicted octanol–water partition coefficient (Wildman–Crippen LogP) is 1.96. The molecule has 3 N–H and O–H groups in total. The monoisotopic (exact) mass is 315 g/mol. The zero-order valence-electron chi connectivity index (χ0n) is 13.3. The molecule has 7 nitrogen and oxygen atoms in total. The molecular formula is C16H21N5O2. The van der Waals surface area contributed by atoms with Crippen molar-refractivity contribution in [2.75, 3.05) is 0 Å². The Morgan fingerprint density at radius 3 is 2.96 bits per heavy atom. The molecule has 2 aromatic rings. The van der Waals surface area contributed by atoms with Crippen molar-refractivity contribution in [1.29, 1.82) is 0 Å². The van der Waals surface area contributed by atoms with Crippen molar-refractivity contribution in [3.63, 3.8) is 0 Å². The highest BCUT2D eigenvalue weighted by molar-refractivity contribution is 5.94. The number of fused-ring (bicyclic) bond motifs is 1. The van der Waals surface area contributed by atoms with E-state index in [9.17, 15) is 4.79 Å². The molecule has 1 saturated carbocycles. The van der Waals surface area contributed by atoms with E-state index in [1.165, 1.54) is 12.8 Å². The van der Waals surface area contributed by atoms with E-state index in [4.69, 9.17) is 4.74 Å². The van der Waals surface area contributed by atoms with Gasteiger partial charge < -0.3 is 10.1 Å². The topological polar surface area (TPSA) is 95.7 Å². The van der Waals surface area contributed by atoms with Gasteiger partial charge >= 0.3 is 0 Å². The van der Waals surface area contributed by atoms with Crippen molar-refractivity contribution < 1.29 is 9.53 Å². The largest absolute Gasteiger partial charge is 0.369 e. The number of carbonyl (C=O) groups is 1. The Kier molecular flexibility index (Phi) is 3.45. The van der Waals surface area contributed by atoms with Gasteiger partial charge in [0.05, 0.1) is 35.8 Å². The summed E-state index contributed by atoms with van der Waals surface area (Å²) in [6.45, 7) is 4.41. The molecular weight excluding hydrogens is 294 g/mol. The molecule has 1 aliphatic carbocycles. The number of ether oxygens (including phenoxy) is 1. The van der Waals surface area contributed by atoms with E-state index in [1.54, 1.807) is 0 Å². The summed E-state index contributed by atoms with van der Waals surface area (Å²) < 4.78 is 5.75. The van der Waals surface area contributed by atoms with Crippen LogP contribution in [0.2, 0.25) is 0 Å². The molecule has 3 heterocycles. The van der Waals surface area contributed by atoms with Crippen molar-refractivity contribution in [3.05, 3.63) is 34.4 Å². The van der Waals surface area contributed by atoms with Crippen molar-refractivity contribution in [2.45, 2.75) is 57.8 Å². The first kappa shape index (κ1) is 14.4. The number of carbonyl (C=O) groups excluding carboxylic acids is 1. The Bertz CT molecular complexity index is 731. The van der Waals surface area contributed by atoms with Crippen molar-refractivity contribution in [1.82, 2.24) is 25.7 Å². The molecule has 0 radical (unpaired) electrons. The minimum absolute atomic E-state index is 0.0588. The van der Waals surface area contributed by atoms with Crippen LogP contribution in [0.25, 0.3) is 0 Å². The van der Waals surface area contributed by atoms with Crippen LogP contribution in [0.15, 0.2) is 6.07 Å². The van der Waals surface area contributed by atoms with E-state index < -0.39 is 0 Å². The molecule has 1 amide bonds. The molecule has 7 heteroatoms. The van der Waals surface area contributed by atoms with Gasteiger partial charge in [-0.25, -0.2) is 0 Å². The lowest BCUT2D eigenvalue weighted by atomic mass is 9.99. The van der Waals surface area contributed by atoms with Crippen LogP contribution in [0.3, 0.4) is 0 Å². The summed E-state index contributed by atoms with van der Waals surface area (Å²) in [4.78, 5) is 12.4. The van der Waals surface area contributed by atoms with Gasteiger partial charge in [-0.3, -0.25) is 15.0 Å². The number of amides is 1. The zero-order chi connectivity index (χ0) is 16.0. The fourth-order valence-electron chi connectivity index (χ4n) is 3.18. The van der Waals surface area contributed by atoms with Crippen LogP contribution in [0.4, 0.5) is 0 Å².